The fourth-order valence-electron chi connectivity index (χ4n) is 1.33. The molecule has 15 heavy (non-hydrogen) atoms. The summed E-state index contributed by atoms with van der Waals surface area (Å²) < 4.78 is 24.5. The third-order valence-electron chi connectivity index (χ3n) is 2.03. The van der Waals surface area contributed by atoms with E-state index in [0.29, 0.717) is 17.1 Å². The summed E-state index contributed by atoms with van der Waals surface area (Å²) in [5, 5.41) is 0. The summed E-state index contributed by atoms with van der Waals surface area (Å²) in [5.41, 5.74) is 5.64. The Labute approximate surface area is 96.5 Å². The minimum atomic E-state index is -1.29. The number of methoxy groups -OCH3 is 2. The minimum absolute atomic E-state index is 0.103. The molecule has 0 amide bonds. The maximum absolute atomic E-state index is 13.6. The van der Waals surface area contributed by atoms with Crippen LogP contribution in [0.25, 0.3) is 0 Å². The van der Waals surface area contributed by atoms with Gasteiger partial charge in [0, 0.05) is 11.0 Å². The number of hydrogen-bond donors (Lipinski definition) is 1. The Hall–Kier alpha value is -0.810. The Morgan fingerprint density at radius 2 is 1.80 bits per heavy atom. The van der Waals surface area contributed by atoms with Gasteiger partial charge in [-0.25, -0.2) is 4.39 Å². The molecule has 0 aliphatic heterocycles. The van der Waals surface area contributed by atoms with Crippen LogP contribution in [0.2, 0.25) is 0 Å². The number of halogens is 2. The van der Waals surface area contributed by atoms with Crippen molar-refractivity contribution in [2.75, 3.05) is 20.8 Å². The molecule has 0 aromatic heterocycles. The molecule has 84 valence electrons. The van der Waals surface area contributed by atoms with Gasteiger partial charge >= 0.3 is 0 Å². The Balaban J connectivity index is 3.30. The van der Waals surface area contributed by atoms with Gasteiger partial charge in [-0.05, 0) is 12.1 Å². The lowest BCUT2D eigenvalue weighted by atomic mass is 10.1. The van der Waals surface area contributed by atoms with Gasteiger partial charge in [0.05, 0.1) is 19.8 Å². The molecular weight excluding hydrogens is 265 g/mol. The zero-order valence-electron chi connectivity index (χ0n) is 8.59. The van der Waals surface area contributed by atoms with Gasteiger partial charge in [-0.15, -0.1) is 0 Å². The Morgan fingerprint density at radius 1 is 1.33 bits per heavy atom. The van der Waals surface area contributed by atoms with E-state index in [2.05, 4.69) is 15.9 Å². The van der Waals surface area contributed by atoms with Crippen molar-refractivity contribution < 1.29 is 13.9 Å². The van der Waals surface area contributed by atoms with Crippen LogP contribution in [0.15, 0.2) is 16.6 Å². The molecule has 0 fully saturated rings. The second-order valence-electron chi connectivity index (χ2n) is 2.93. The van der Waals surface area contributed by atoms with Gasteiger partial charge in [0.25, 0.3) is 0 Å². The van der Waals surface area contributed by atoms with Crippen molar-refractivity contribution in [1.82, 2.24) is 0 Å². The molecular formula is C10H13BrFNO2. The van der Waals surface area contributed by atoms with Gasteiger partial charge in [0.15, 0.2) is 0 Å². The zero-order valence-corrected chi connectivity index (χ0v) is 10.2. The van der Waals surface area contributed by atoms with Crippen molar-refractivity contribution in [1.29, 1.82) is 0 Å². The molecule has 1 unspecified atom stereocenters. The summed E-state index contributed by atoms with van der Waals surface area (Å²) in [4.78, 5) is 0. The lowest BCUT2D eigenvalue weighted by Crippen LogP contribution is -2.10. The highest BCUT2D eigenvalue weighted by Crippen LogP contribution is 2.38. The van der Waals surface area contributed by atoms with Gasteiger partial charge in [-0.3, -0.25) is 0 Å². The van der Waals surface area contributed by atoms with Crippen LogP contribution in [-0.2, 0) is 0 Å². The van der Waals surface area contributed by atoms with Gasteiger partial charge in [-0.1, -0.05) is 15.9 Å². The van der Waals surface area contributed by atoms with E-state index in [-0.39, 0.29) is 6.54 Å². The summed E-state index contributed by atoms with van der Waals surface area (Å²) in [6.45, 7) is -0.103. The second-order valence-corrected chi connectivity index (χ2v) is 3.84. The maximum atomic E-state index is 13.6. The standard InChI is InChI=1S/C10H13BrFNO2/c1-14-8-3-6(11)4-9(15-2)10(8)7(12)5-13/h3-4,7H,5,13H2,1-2H3. The second kappa shape index (κ2) is 5.32. The molecule has 0 spiro atoms. The predicted molar refractivity (Wildman–Crippen MR) is 60.1 cm³/mol. The quantitative estimate of drug-likeness (QED) is 0.920. The van der Waals surface area contributed by atoms with Crippen LogP contribution >= 0.6 is 15.9 Å². The summed E-state index contributed by atoms with van der Waals surface area (Å²) in [5.74, 6) is 0.860. The smallest absolute Gasteiger partial charge is 0.144 e. The first kappa shape index (κ1) is 12.3. The maximum Gasteiger partial charge on any atom is 0.144 e. The van der Waals surface area contributed by atoms with E-state index in [1.165, 1.54) is 14.2 Å². The van der Waals surface area contributed by atoms with E-state index in [0.717, 1.165) is 4.47 Å². The molecule has 5 heteroatoms. The number of rotatable bonds is 4. The molecule has 0 heterocycles. The average molecular weight is 278 g/mol. The molecule has 0 aliphatic carbocycles. The molecule has 1 aromatic carbocycles. The Morgan fingerprint density at radius 3 is 2.13 bits per heavy atom. The highest BCUT2D eigenvalue weighted by atomic mass is 79.9. The van der Waals surface area contributed by atoms with Gasteiger partial charge in [0.1, 0.15) is 17.7 Å². The Kier molecular flexibility index (Phi) is 4.35. The van der Waals surface area contributed by atoms with E-state index < -0.39 is 6.17 Å². The van der Waals surface area contributed by atoms with Crippen molar-refractivity contribution in [3.05, 3.63) is 22.2 Å². The number of alkyl halides is 1. The molecule has 1 aromatic rings. The van der Waals surface area contributed by atoms with Crippen LogP contribution in [-0.4, -0.2) is 20.8 Å². The third kappa shape index (κ3) is 2.60. The van der Waals surface area contributed by atoms with E-state index in [4.69, 9.17) is 15.2 Å². The van der Waals surface area contributed by atoms with Crippen molar-refractivity contribution in [3.63, 3.8) is 0 Å². The van der Waals surface area contributed by atoms with Crippen molar-refractivity contribution in [2.45, 2.75) is 6.17 Å². The average Bonchev–Trinajstić information content (AvgIpc) is 2.26. The predicted octanol–water partition coefficient (Wildman–Crippen LogP) is 2.44. The summed E-state index contributed by atoms with van der Waals surface area (Å²) in [7, 11) is 2.96. The fourth-order valence-corrected chi connectivity index (χ4v) is 1.75. The normalized spacial score (nSPS) is 12.3. The van der Waals surface area contributed by atoms with Crippen molar-refractivity contribution in [2.24, 2.45) is 5.73 Å². The largest absolute Gasteiger partial charge is 0.496 e. The van der Waals surface area contributed by atoms with Gasteiger partial charge in [-0.2, -0.15) is 0 Å². The first-order valence-corrected chi connectivity index (χ1v) is 5.18. The van der Waals surface area contributed by atoms with Crippen LogP contribution in [0.1, 0.15) is 11.7 Å². The third-order valence-corrected chi connectivity index (χ3v) is 2.49. The van der Waals surface area contributed by atoms with Gasteiger partial charge in [0.2, 0.25) is 0 Å². The number of hydrogen-bond acceptors (Lipinski definition) is 3. The molecule has 0 radical (unpaired) electrons. The Bertz CT molecular complexity index is 321. The van der Waals surface area contributed by atoms with E-state index in [9.17, 15) is 4.39 Å². The minimum Gasteiger partial charge on any atom is -0.496 e. The highest BCUT2D eigenvalue weighted by molar-refractivity contribution is 9.10. The topological polar surface area (TPSA) is 44.5 Å². The van der Waals surface area contributed by atoms with Crippen LogP contribution in [0.5, 0.6) is 11.5 Å². The van der Waals surface area contributed by atoms with Gasteiger partial charge < -0.3 is 15.2 Å². The van der Waals surface area contributed by atoms with E-state index in [1.807, 2.05) is 0 Å². The molecule has 0 saturated heterocycles. The lowest BCUT2D eigenvalue weighted by molar-refractivity contribution is 0.312. The first-order chi connectivity index (χ1) is 7.13. The molecule has 2 N–H and O–H groups in total. The molecule has 0 saturated carbocycles. The van der Waals surface area contributed by atoms with Crippen LogP contribution in [0.4, 0.5) is 4.39 Å². The summed E-state index contributed by atoms with van der Waals surface area (Å²) >= 11 is 3.29. The zero-order chi connectivity index (χ0) is 11.4. The van der Waals surface area contributed by atoms with E-state index in [1.54, 1.807) is 12.1 Å². The molecule has 1 atom stereocenters. The molecule has 3 nitrogen and oxygen atoms in total. The van der Waals surface area contributed by atoms with Crippen LogP contribution in [0, 0.1) is 0 Å². The van der Waals surface area contributed by atoms with E-state index >= 15 is 0 Å². The summed E-state index contributed by atoms with van der Waals surface area (Å²) in [6, 6.07) is 3.36. The molecule has 0 bridgehead atoms. The number of ether oxygens (including phenoxy) is 2. The number of benzene rings is 1. The summed E-state index contributed by atoms with van der Waals surface area (Å²) in [6.07, 6.45) is -1.29. The highest BCUT2D eigenvalue weighted by Gasteiger charge is 2.20. The first-order valence-electron chi connectivity index (χ1n) is 4.39. The van der Waals surface area contributed by atoms with Crippen molar-refractivity contribution in [3.8, 4) is 11.5 Å². The SMILES string of the molecule is COc1cc(Br)cc(OC)c1C(F)CN. The monoisotopic (exact) mass is 277 g/mol. The molecule has 1 rings (SSSR count). The number of nitrogens with two attached hydrogens (primary N) is 1. The van der Waals surface area contributed by atoms with Crippen LogP contribution < -0.4 is 15.2 Å². The fraction of sp³-hybridized carbons (Fsp3) is 0.400. The molecule has 0 aliphatic rings. The van der Waals surface area contributed by atoms with Crippen LogP contribution in [0.3, 0.4) is 0 Å². The van der Waals surface area contributed by atoms with Crippen molar-refractivity contribution >= 4 is 15.9 Å². The lowest BCUT2D eigenvalue weighted by Gasteiger charge is -2.15.